The summed E-state index contributed by atoms with van der Waals surface area (Å²) in [4.78, 5) is 26.1. The third-order valence-electron chi connectivity index (χ3n) is 4.89. The number of Topliss-reactive ketones (excluding diaryl/α,β-unsaturated/α-hetero) is 1. The number of piperidine rings is 1. The van der Waals surface area contributed by atoms with Gasteiger partial charge in [0.15, 0.2) is 28.7 Å². The molecule has 1 aromatic carbocycles. The zero-order valence-electron chi connectivity index (χ0n) is 16.9. The number of hydrogen-bond acceptors (Lipinski definition) is 7. The number of likely N-dealkylation sites (tertiary alicyclic amines) is 1. The Bertz CT molecular complexity index is 843. The molecular weight excluding hydrogens is 374 g/mol. The van der Waals surface area contributed by atoms with Crippen molar-refractivity contribution in [2.45, 2.75) is 32.8 Å². The van der Waals surface area contributed by atoms with Crippen LogP contribution in [-0.2, 0) is 6.61 Å². The van der Waals surface area contributed by atoms with Crippen molar-refractivity contribution in [1.29, 1.82) is 0 Å². The number of hydrogen-bond donors (Lipinski definition) is 1. The number of carbonyl (C=O) groups excluding carboxylic acids is 2. The van der Waals surface area contributed by atoms with Gasteiger partial charge in [0.25, 0.3) is 5.91 Å². The maximum Gasteiger partial charge on any atom is 0.273 e. The molecule has 1 aliphatic heterocycles. The number of benzene rings is 1. The molecule has 3 rings (SSSR count). The van der Waals surface area contributed by atoms with Crippen LogP contribution in [-0.4, -0.2) is 55.0 Å². The van der Waals surface area contributed by atoms with Crippen LogP contribution in [0.3, 0.4) is 0 Å². The molecule has 1 fully saturated rings. The van der Waals surface area contributed by atoms with Gasteiger partial charge in [0.1, 0.15) is 6.61 Å². The minimum absolute atomic E-state index is 0.0546. The highest BCUT2D eigenvalue weighted by Gasteiger charge is 2.15. The monoisotopic (exact) mass is 401 g/mol. The van der Waals surface area contributed by atoms with Gasteiger partial charge >= 0.3 is 0 Å². The Hall–Kier alpha value is -2.87. The van der Waals surface area contributed by atoms with Crippen LogP contribution in [0.5, 0.6) is 11.5 Å². The van der Waals surface area contributed by atoms with Gasteiger partial charge in [-0.3, -0.25) is 9.59 Å². The lowest BCUT2D eigenvalue weighted by atomic mass is 10.1. The molecule has 2 heterocycles. The summed E-state index contributed by atoms with van der Waals surface area (Å²) in [5.74, 6) is 1.03. The first-order valence-electron chi connectivity index (χ1n) is 9.84. The molecule has 1 aromatic heterocycles. The molecule has 1 N–H and O–H groups in total. The molecule has 0 radical (unpaired) electrons. The molecule has 1 aliphatic rings. The van der Waals surface area contributed by atoms with E-state index in [1.54, 1.807) is 24.3 Å². The number of amides is 1. The van der Waals surface area contributed by atoms with Crippen molar-refractivity contribution in [3.63, 3.8) is 0 Å². The minimum atomic E-state index is -0.264. The van der Waals surface area contributed by atoms with Crippen LogP contribution in [0.15, 0.2) is 28.8 Å². The van der Waals surface area contributed by atoms with Crippen LogP contribution in [0.1, 0.15) is 52.8 Å². The molecule has 0 bridgehead atoms. The van der Waals surface area contributed by atoms with E-state index in [0.717, 1.165) is 19.6 Å². The van der Waals surface area contributed by atoms with Crippen molar-refractivity contribution in [3.8, 4) is 11.5 Å². The normalized spacial score (nSPS) is 14.4. The first-order chi connectivity index (χ1) is 14.1. The average Bonchev–Trinajstić information content (AvgIpc) is 3.22. The molecule has 0 atom stereocenters. The minimum Gasteiger partial charge on any atom is -0.493 e. The number of ether oxygens (including phenoxy) is 2. The third-order valence-corrected chi connectivity index (χ3v) is 4.89. The van der Waals surface area contributed by atoms with Crippen molar-refractivity contribution in [2.24, 2.45) is 0 Å². The van der Waals surface area contributed by atoms with E-state index >= 15 is 0 Å². The van der Waals surface area contributed by atoms with E-state index in [9.17, 15) is 9.59 Å². The van der Waals surface area contributed by atoms with Crippen LogP contribution in [0.4, 0.5) is 0 Å². The molecule has 8 nitrogen and oxygen atoms in total. The van der Waals surface area contributed by atoms with Gasteiger partial charge in [-0.2, -0.15) is 0 Å². The predicted octanol–water partition coefficient (Wildman–Crippen LogP) is 2.68. The Labute approximate surface area is 170 Å². The highest BCUT2D eigenvalue weighted by atomic mass is 16.5. The smallest absolute Gasteiger partial charge is 0.273 e. The Balaban J connectivity index is 1.49. The van der Waals surface area contributed by atoms with Crippen LogP contribution >= 0.6 is 0 Å². The summed E-state index contributed by atoms with van der Waals surface area (Å²) in [5, 5.41) is 6.69. The maximum atomic E-state index is 12.2. The summed E-state index contributed by atoms with van der Waals surface area (Å²) >= 11 is 0. The first kappa shape index (κ1) is 20.9. The Kier molecular flexibility index (Phi) is 7.24. The maximum absolute atomic E-state index is 12.2. The molecule has 0 aliphatic carbocycles. The van der Waals surface area contributed by atoms with Gasteiger partial charge in [-0.1, -0.05) is 11.6 Å². The fraction of sp³-hybridized carbons (Fsp3) is 0.476. The predicted molar refractivity (Wildman–Crippen MR) is 106 cm³/mol. The Morgan fingerprint density at radius 1 is 1.17 bits per heavy atom. The van der Waals surface area contributed by atoms with Gasteiger partial charge in [-0.25, -0.2) is 0 Å². The largest absolute Gasteiger partial charge is 0.493 e. The molecule has 1 amide bonds. The summed E-state index contributed by atoms with van der Waals surface area (Å²) in [7, 11) is 1.51. The lowest BCUT2D eigenvalue weighted by Gasteiger charge is -2.26. The summed E-state index contributed by atoms with van der Waals surface area (Å²) in [6.07, 6.45) is 3.74. The zero-order chi connectivity index (χ0) is 20.6. The number of aromatic nitrogens is 1. The molecule has 8 heteroatoms. The summed E-state index contributed by atoms with van der Waals surface area (Å²) in [5.41, 5.74) is 0.763. The summed E-state index contributed by atoms with van der Waals surface area (Å²) in [6, 6.07) is 6.52. The van der Waals surface area contributed by atoms with Gasteiger partial charge in [0, 0.05) is 24.7 Å². The number of nitrogens with one attached hydrogen (secondary N) is 1. The molecule has 0 unspecified atom stereocenters. The van der Waals surface area contributed by atoms with Crippen molar-refractivity contribution in [2.75, 3.05) is 33.3 Å². The zero-order valence-corrected chi connectivity index (χ0v) is 16.9. The van der Waals surface area contributed by atoms with Gasteiger partial charge in [0.05, 0.1) is 7.11 Å². The molecule has 0 spiro atoms. The average molecular weight is 401 g/mol. The fourth-order valence-corrected chi connectivity index (χ4v) is 3.24. The standard InChI is InChI=1S/C21H27N3O5/c1-15(25)16-6-7-19(20(12-16)27-2)28-14-17-13-18(23-29-17)21(26)22-8-11-24-9-4-3-5-10-24/h6-7,12-13H,3-5,8-11,14H2,1-2H3,(H,22,26). The molecule has 1 saturated heterocycles. The quantitative estimate of drug-likeness (QED) is 0.646. The van der Waals surface area contributed by atoms with E-state index in [-0.39, 0.29) is 24.0 Å². The second-order valence-electron chi connectivity index (χ2n) is 7.05. The number of ketones is 1. The third kappa shape index (κ3) is 5.80. The fourth-order valence-electron chi connectivity index (χ4n) is 3.24. The second-order valence-corrected chi connectivity index (χ2v) is 7.05. The molecular formula is C21H27N3O5. The van der Waals surface area contributed by atoms with Gasteiger partial charge in [-0.05, 0) is 51.1 Å². The Morgan fingerprint density at radius 3 is 2.69 bits per heavy atom. The topological polar surface area (TPSA) is 93.9 Å². The van der Waals surface area contributed by atoms with E-state index in [4.69, 9.17) is 14.0 Å². The van der Waals surface area contributed by atoms with Gasteiger partial charge in [0.2, 0.25) is 0 Å². The van der Waals surface area contributed by atoms with Crippen LogP contribution in [0.2, 0.25) is 0 Å². The van der Waals surface area contributed by atoms with Crippen molar-refractivity contribution in [3.05, 3.63) is 41.3 Å². The lowest BCUT2D eigenvalue weighted by Crippen LogP contribution is -2.37. The highest BCUT2D eigenvalue weighted by Crippen LogP contribution is 2.29. The number of carbonyl (C=O) groups is 2. The van der Waals surface area contributed by atoms with Crippen LogP contribution < -0.4 is 14.8 Å². The summed E-state index contributed by atoms with van der Waals surface area (Å²) in [6.45, 7) is 5.19. The lowest BCUT2D eigenvalue weighted by molar-refractivity contribution is 0.0936. The van der Waals surface area contributed by atoms with Crippen molar-refractivity contribution in [1.82, 2.24) is 15.4 Å². The van der Waals surface area contributed by atoms with E-state index in [1.165, 1.54) is 33.3 Å². The molecule has 2 aromatic rings. The van der Waals surface area contributed by atoms with E-state index < -0.39 is 0 Å². The highest BCUT2D eigenvalue weighted by molar-refractivity contribution is 5.94. The van der Waals surface area contributed by atoms with E-state index in [2.05, 4.69) is 15.4 Å². The van der Waals surface area contributed by atoms with Crippen LogP contribution in [0, 0.1) is 0 Å². The van der Waals surface area contributed by atoms with E-state index in [1.807, 2.05) is 0 Å². The van der Waals surface area contributed by atoms with Gasteiger partial charge in [-0.15, -0.1) is 0 Å². The molecule has 156 valence electrons. The SMILES string of the molecule is COc1cc(C(C)=O)ccc1OCc1cc(C(=O)NCCN2CCCCC2)no1. The van der Waals surface area contributed by atoms with E-state index in [0.29, 0.717) is 29.4 Å². The molecule has 0 saturated carbocycles. The Morgan fingerprint density at radius 2 is 1.97 bits per heavy atom. The number of nitrogens with zero attached hydrogens (tertiary/aromatic N) is 2. The van der Waals surface area contributed by atoms with Crippen molar-refractivity contribution < 1.29 is 23.6 Å². The molecule has 29 heavy (non-hydrogen) atoms. The van der Waals surface area contributed by atoms with Crippen molar-refractivity contribution >= 4 is 11.7 Å². The summed E-state index contributed by atoms with van der Waals surface area (Å²) < 4.78 is 16.2. The first-order valence-corrected chi connectivity index (χ1v) is 9.84. The number of rotatable bonds is 9. The van der Waals surface area contributed by atoms with Crippen LogP contribution in [0.25, 0.3) is 0 Å². The van der Waals surface area contributed by atoms with Gasteiger partial charge < -0.3 is 24.2 Å². The number of methoxy groups -OCH3 is 1. The second kappa shape index (κ2) is 10.1.